The van der Waals surface area contributed by atoms with Crippen molar-refractivity contribution in [1.29, 1.82) is 0 Å². The van der Waals surface area contributed by atoms with Gasteiger partial charge in [-0.25, -0.2) is 4.98 Å². The summed E-state index contributed by atoms with van der Waals surface area (Å²) in [6, 6.07) is -0.724. The fourth-order valence-corrected chi connectivity index (χ4v) is 2.70. The van der Waals surface area contributed by atoms with Gasteiger partial charge >= 0.3 is 5.97 Å². The topological polar surface area (TPSA) is 71.5 Å². The largest absolute Gasteiger partial charge is 0.480 e. The maximum Gasteiger partial charge on any atom is 0.327 e. The Kier molecular flexibility index (Phi) is 4.09. The van der Waals surface area contributed by atoms with Crippen molar-refractivity contribution in [2.24, 2.45) is 0 Å². The molecule has 2 rings (SSSR count). The minimum atomic E-state index is -0.891. The highest BCUT2D eigenvalue weighted by molar-refractivity contribution is 7.09. The van der Waals surface area contributed by atoms with Gasteiger partial charge in [0.25, 0.3) is 0 Å². The minimum Gasteiger partial charge on any atom is -0.480 e. The number of hydrogen-bond acceptors (Lipinski definition) is 5. The first-order valence-corrected chi connectivity index (χ1v) is 6.54. The van der Waals surface area contributed by atoms with E-state index in [0.29, 0.717) is 11.6 Å². The summed E-state index contributed by atoms with van der Waals surface area (Å²) in [5.74, 6) is -0.891. The second-order valence-corrected chi connectivity index (χ2v) is 5.03. The first-order valence-electron chi connectivity index (χ1n) is 5.66. The molecule has 1 aliphatic heterocycles. The Morgan fingerprint density at radius 2 is 2.65 bits per heavy atom. The van der Waals surface area contributed by atoms with Crippen LogP contribution in [0, 0.1) is 6.92 Å². The number of aliphatic carboxylic acids is 1. The van der Waals surface area contributed by atoms with E-state index in [4.69, 9.17) is 4.74 Å². The lowest BCUT2D eigenvalue weighted by molar-refractivity contribution is -0.139. The first-order chi connectivity index (χ1) is 8.16. The van der Waals surface area contributed by atoms with Gasteiger partial charge in [0.15, 0.2) is 6.04 Å². The maximum atomic E-state index is 11.2. The highest BCUT2D eigenvalue weighted by atomic mass is 32.1. The van der Waals surface area contributed by atoms with Gasteiger partial charge < -0.3 is 9.84 Å². The monoisotopic (exact) mass is 256 g/mol. The van der Waals surface area contributed by atoms with Crippen molar-refractivity contribution in [2.45, 2.75) is 31.9 Å². The van der Waals surface area contributed by atoms with E-state index in [1.54, 1.807) is 0 Å². The third-order valence-corrected chi connectivity index (χ3v) is 3.73. The first kappa shape index (κ1) is 12.5. The van der Waals surface area contributed by atoms with Crippen molar-refractivity contribution < 1.29 is 14.6 Å². The molecule has 0 saturated carbocycles. The highest BCUT2D eigenvalue weighted by Gasteiger charge is 2.24. The van der Waals surface area contributed by atoms with Crippen LogP contribution in [0.1, 0.15) is 29.6 Å². The van der Waals surface area contributed by atoms with Gasteiger partial charge in [-0.1, -0.05) is 0 Å². The fraction of sp³-hybridized carbons (Fsp3) is 0.636. The molecule has 1 saturated heterocycles. The van der Waals surface area contributed by atoms with Crippen molar-refractivity contribution >= 4 is 17.3 Å². The molecule has 0 bridgehead atoms. The molecule has 2 N–H and O–H groups in total. The summed E-state index contributed by atoms with van der Waals surface area (Å²) in [7, 11) is 0. The summed E-state index contributed by atoms with van der Waals surface area (Å²) in [6.07, 6.45) is 2.19. The minimum absolute atomic E-state index is 0.137. The summed E-state index contributed by atoms with van der Waals surface area (Å²) >= 11 is 1.37. The Balaban J connectivity index is 1.95. The number of thiazole rings is 1. The van der Waals surface area contributed by atoms with Gasteiger partial charge in [0, 0.05) is 24.2 Å². The van der Waals surface area contributed by atoms with E-state index in [2.05, 4.69) is 10.3 Å². The lowest BCUT2D eigenvalue weighted by Crippen LogP contribution is -2.34. The number of aromatic nitrogens is 1. The standard InChI is InChI=1S/C11H16N2O3S/c1-7-6-17-10(13-7)9(11(14)15)12-5-8-3-2-4-16-8/h6,8-9,12H,2-5H2,1H3,(H,14,15). The second-order valence-electron chi connectivity index (χ2n) is 4.14. The summed E-state index contributed by atoms with van der Waals surface area (Å²) in [4.78, 5) is 15.4. The van der Waals surface area contributed by atoms with Crippen molar-refractivity contribution in [3.05, 3.63) is 16.1 Å². The summed E-state index contributed by atoms with van der Waals surface area (Å²) in [5, 5.41) is 14.7. The van der Waals surface area contributed by atoms with E-state index < -0.39 is 12.0 Å². The van der Waals surface area contributed by atoms with Gasteiger partial charge in [0.2, 0.25) is 0 Å². The zero-order valence-electron chi connectivity index (χ0n) is 9.68. The molecular formula is C11H16N2O3S. The number of hydrogen-bond donors (Lipinski definition) is 2. The molecule has 1 aromatic rings. The molecule has 94 valence electrons. The number of carboxylic acids is 1. The van der Waals surface area contributed by atoms with E-state index >= 15 is 0 Å². The Labute approximate surface area is 104 Å². The zero-order valence-corrected chi connectivity index (χ0v) is 10.5. The smallest absolute Gasteiger partial charge is 0.327 e. The maximum absolute atomic E-state index is 11.2. The fourth-order valence-electron chi connectivity index (χ4n) is 1.84. The van der Waals surface area contributed by atoms with E-state index in [9.17, 15) is 9.90 Å². The highest BCUT2D eigenvalue weighted by Crippen LogP contribution is 2.19. The van der Waals surface area contributed by atoms with E-state index in [1.165, 1.54) is 11.3 Å². The molecule has 1 aliphatic rings. The number of nitrogens with zero attached hydrogens (tertiary/aromatic N) is 1. The van der Waals surface area contributed by atoms with Gasteiger partial charge in [-0.2, -0.15) is 0 Å². The SMILES string of the molecule is Cc1csc(C(NCC2CCCO2)C(=O)O)n1. The van der Waals surface area contributed by atoms with E-state index in [0.717, 1.165) is 25.1 Å². The third-order valence-electron chi connectivity index (χ3n) is 2.70. The average molecular weight is 256 g/mol. The van der Waals surface area contributed by atoms with Gasteiger partial charge in [-0.15, -0.1) is 11.3 Å². The van der Waals surface area contributed by atoms with Crippen molar-refractivity contribution in [3.63, 3.8) is 0 Å². The van der Waals surface area contributed by atoms with Crippen LogP contribution in [0.15, 0.2) is 5.38 Å². The van der Waals surface area contributed by atoms with Crippen LogP contribution in [-0.2, 0) is 9.53 Å². The normalized spacial score (nSPS) is 21.6. The van der Waals surface area contributed by atoms with Crippen LogP contribution >= 0.6 is 11.3 Å². The Morgan fingerprint density at radius 3 is 3.18 bits per heavy atom. The van der Waals surface area contributed by atoms with E-state index in [1.807, 2.05) is 12.3 Å². The number of rotatable bonds is 5. The third kappa shape index (κ3) is 3.24. The predicted molar refractivity (Wildman–Crippen MR) is 64.2 cm³/mol. The molecule has 0 aliphatic carbocycles. The lowest BCUT2D eigenvalue weighted by Gasteiger charge is -2.15. The second kappa shape index (κ2) is 5.57. The molecule has 1 fully saturated rings. The Bertz CT molecular complexity index is 388. The van der Waals surface area contributed by atoms with Crippen molar-refractivity contribution in [2.75, 3.05) is 13.2 Å². The summed E-state index contributed by atoms with van der Waals surface area (Å²) < 4.78 is 5.45. The molecule has 2 unspecified atom stereocenters. The summed E-state index contributed by atoms with van der Waals surface area (Å²) in [5.41, 5.74) is 0.857. The predicted octanol–water partition coefficient (Wildman–Crippen LogP) is 1.35. The summed E-state index contributed by atoms with van der Waals surface area (Å²) in [6.45, 7) is 3.20. The molecule has 5 nitrogen and oxygen atoms in total. The van der Waals surface area contributed by atoms with Crippen LogP contribution in [0.3, 0.4) is 0 Å². The van der Waals surface area contributed by atoms with Gasteiger partial charge in [-0.3, -0.25) is 10.1 Å². The number of carboxylic acid groups (broad SMARTS) is 1. The lowest BCUT2D eigenvalue weighted by atomic mass is 10.2. The molecule has 1 aromatic heterocycles. The molecule has 6 heteroatoms. The molecule has 0 aromatic carbocycles. The van der Waals surface area contributed by atoms with Crippen LogP contribution in [-0.4, -0.2) is 35.3 Å². The van der Waals surface area contributed by atoms with Crippen LogP contribution in [0.2, 0.25) is 0 Å². The number of nitrogens with one attached hydrogen (secondary N) is 1. The molecule has 2 heterocycles. The zero-order chi connectivity index (χ0) is 12.3. The number of ether oxygens (including phenoxy) is 1. The van der Waals surface area contributed by atoms with E-state index in [-0.39, 0.29) is 6.10 Å². The Hall–Kier alpha value is -0.980. The average Bonchev–Trinajstić information content (AvgIpc) is 2.90. The quantitative estimate of drug-likeness (QED) is 0.832. The molecule has 0 amide bonds. The number of aryl methyl sites for hydroxylation is 1. The van der Waals surface area contributed by atoms with Crippen LogP contribution < -0.4 is 5.32 Å². The molecule has 0 radical (unpaired) electrons. The van der Waals surface area contributed by atoms with Gasteiger partial charge in [0.1, 0.15) is 5.01 Å². The van der Waals surface area contributed by atoms with Crippen molar-refractivity contribution in [1.82, 2.24) is 10.3 Å². The molecule has 2 atom stereocenters. The van der Waals surface area contributed by atoms with Crippen molar-refractivity contribution in [3.8, 4) is 0 Å². The Morgan fingerprint density at radius 1 is 1.82 bits per heavy atom. The molecular weight excluding hydrogens is 240 g/mol. The number of carbonyl (C=O) groups is 1. The van der Waals surface area contributed by atoms with Gasteiger partial charge in [0.05, 0.1) is 6.10 Å². The van der Waals surface area contributed by atoms with Crippen LogP contribution in [0.5, 0.6) is 0 Å². The molecule has 0 spiro atoms. The van der Waals surface area contributed by atoms with Gasteiger partial charge in [-0.05, 0) is 19.8 Å². The van der Waals surface area contributed by atoms with Crippen LogP contribution in [0.4, 0.5) is 0 Å². The van der Waals surface area contributed by atoms with Crippen LogP contribution in [0.25, 0.3) is 0 Å². The molecule has 17 heavy (non-hydrogen) atoms.